The number of aliphatic hydroxyl groups excluding tert-OH is 1. The molecule has 3 aliphatic rings. The number of hydrogen-bond acceptors (Lipinski definition) is 4. The van der Waals surface area contributed by atoms with E-state index >= 15 is 0 Å². The predicted molar refractivity (Wildman–Crippen MR) is 80.1 cm³/mol. The first-order valence-corrected chi connectivity index (χ1v) is 8.06. The van der Waals surface area contributed by atoms with Crippen LogP contribution in [0.5, 0.6) is 0 Å². The molecule has 0 aromatic heterocycles. The van der Waals surface area contributed by atoms with Crippen molar-refractivity contribution in [3.8, 4) is 0 Å². The van der Waals surface area contributed by atoms with Gasteiger partial charge in [-0.1, -0.05) is 0 Å². The Morgan fingerprint density at radius 3 is 2.35 bits per heavy atom. The van der Waals surface area contributed by atoms with Gasteiger partial charge in [-0.05, 0) is 37.7 Å². The molecule has 0 saturated carbocycles. The molecule has 126 valence electrons. The highest BCUT2D eigenvalue weighted by molar-refractivity contribution is 5.99. The van der Waals surface area contributed by atoms with Gasteiger partial charge in [-0.25, -0.2) is 4.79 Å². The Labute approximate surface area is 134 Å². The van der Waals surface area contributed by atoms with Crippen molar-refractivity contribution >= 4 is 17.8 Å². The van der Waals surface area contributed by atoms with Gasteiger partial charge >= 0.3 is 5.97 Å². The number of piperidine rings is 1. The van der Waals surface area contributed by atoms with Crippen LogP contribution in [0, 0.1) is 11.8 Å². The van der Waals surface area contributed by atoms with Gasteiger partial charge in [0.25, 0.3) is 0 Å². The van der Waals surface area contributed by atoms with Crippen LogP contribution in [0.4, 0.5) is 0 Å². The highest BCUT2D eigenvalue weighted by atomic mass is 16.4. The molecule has 0 aliphatic carbocycles. The van der Waals surface area contributed by atoms with Crippen LogP contribution in [-0.2, 0) is 14.4 Å². The number of amides is 2. The summed E-state index contributed by atoms with van der Waals surface area (Å²) in [6, 6.07) is -0.227. The maximum absolute atomic E-state index is 12.2. The number of fused-ring (bicyclic) bond motifs is 1. The summed E-state index contributed by atoms with van der Waals surface area (Å²) in [4.78, 5) is 38.4. The Bertz CT molecular complexity index is 589. The third kappa shape index (κ3) is 2.43. The Morgan fingerprint density at radius 2 is 1.87 bits per heavy atom. The molecule has 0 aromatic carbocycles. The molecule has 2 saturated heterocycles. The summed E-state index contributed by atoms with van der Waals surface area (Å²) in [6.07, 6.45) is 1.20. The summed E-state index contributed by atoms with van der Waals surface area (Å²) in [7, 11) is 0. The quantitative estimate of drug-likeness (QED) is 0.723. The molecule has 0 aromatic rings. The predicted octanol–water partition coefficient (Wildman–Crippen LogP) is 0.195. The van der Waals surface area contributed by atoms with Gasteiger partial charge in [-0.3, -0.25) is 9.59 Å². The number of β-lactam (4-membered cyclic amide) rings is 1. The van der Waals surface area contributed by atoms with E-state index in [1.54, 1.807) is 11.8 Å². The molecule has 7 nitrogen and oxygen atoms in total. The average Bonchev–Trinajstić information content (AvgIpc) is 2.82. The van der Waals surface area contributed by atoms with Crippen molar-refractivity contribution in [2.24, 2.45) is 11.8 Å². The Balaban J connectivity index is 1.81. The zero-order valence-electron chi connectivity index (χ0n) is 13.4. The first-order chi connectivity index (χ1) is 10.8. The molecule has 0 bridgehead atoms. The van der Waals surface area contributed by atoms with E-state index in [9.17, 15) is 24.6 Å². The smallest absolute Gasteiger partial charge is 0.352 e. The number of aliphatic carboxylic acids is 1. The summed E-state index contributed by atoms with van der Waals surface area (Å²) in [5, 5.41) is 19.3. The largest absolute Gasteiger partial charge is 0.477 e. The number of likely N-dealkylation sites (tertiary alicyclic amines) is 1. The van der Waals surface area contributed by atoms with E-state index in [1.807, 2.05) is 0 Å². The lowest BCUT2D eigenvalue weighted by Gasteiger charge is -2.44. The SMILES string of the molecule is CC(=O)N1CCC(C2=C(C(=O)O)N3C(=O)[C@H]([C@@H](C)O)[C@@H]3C2)CC1. The van der Waals surface area contributed by atoms with Crippen molar-refractivity contribution in [2.75, 3.05) is 13.1 Å². The van der Waals surface area contributed by atoms with E-state index in [0.717, 1.165) is 18.4 Å². The van der Waals surface area contributed by atoms with E-state index in [-0.39, 0.29) is 29.5 Å². The highest BCUT2D eigenvalue weighted by Gasteiger charge is 2.57. The van der Waals surface area contributed by atoms with Crippen LogP contribution in [0.2, 0.25) is 0 Å². The lowest BCUT2D eigenvalue weighted by molar-refractivity contribution is -0.161. The molecule has 0 radical (unpaired) electrons. The molecule has 0 unspecified atom stereocenters. The summed E-state index contributed by atoms with van der Waals surface area (Å²) in [6.45, 7) is 4.35. The second-order valence-corrected chi connectivity index (χ2v) is 6.71. The van der Waals surface area contributed by atoms with Gasteiger partial charge in [0.05, 0.1) is 18.1 Å². The molecule has 3 aliphatic heterocycles. The molecule has 2 amide bonds. The highest BCUT2D eigenvalue weighted by Crippen LogP contribution is 2.47. The van der Waals surface area contributed by atoms with Gasteiger partial charge in [0.1, 0.15) is 5.70 Å². The minimum atomic E-state index is -1.08. The van der Waals surface area contributed by atoms with Gasteiger partial charge in [-0.15, -0.1) is 0 Å². The topological polar surface area (TPSA) is 98.2 Å². The Kier molecular flexibility index (Phi) is 3.91. The fraction of sp³-hybridized carbons (Fsp3) is 0.688. The first kappa shape index (κ1) is 16.0. The molecule has 3 atom stereocenters. The number of hydrogen-bond donors (Lipinski definition) is 2. The molecule has 23 heavy (non-hydrogen) atoms. The van der Waals surface area contributed by atoms with E-state index in [4.69, 9.17) is 0 Å². The fourth-order valence-corrected chi connectivity index (χ4v) is 4.21. The third-order valence-electron chi connectivity index (χ3n) is 5.40. The lowest BCUT2D eigenvalue weighted by atomic mass is 9.80. The minimum Gasteiger partial charge on any atom is -0.477 e. The minimum absolute atomic E-state index is 0.0375. The maximum atomic E-state index is 12.2. The maximum Gasteiger partial charge on any atom is 0.352 e. The van der Waals surface area contributed by atoms with Crippen molar-refractivity contribution < 1.29 is 24.6 Å². The number of carboxylic acids is 1. The van der Waals surface area contributed by atoms with E-state index in [1.165, 1.54) is 11.8 Å². The number of aliphatic hydroxyl groups is 1. The number of carboxylic acid groups (broad SMARTS) is 1. The van der Waals surface area contributed by atoms with E-state index < -0.39 is 18.0 Å². The van der Waals surface area contributed by atoms with Gasteiger partial charge in [0, 0.05) is 20.0 Å². The van der Waals surface area contributed by atoms with Crippen molar-refractivity contribution in [1.82, 2.24) is 9.80 Å². The van der Waals surface area contributed by atoms with Crippen molar-refractivity contribution in [1.29, 1.82) is 0 Å². The van der Waals surface area contributed by atoms with Gasteiger partial charge < -0.3 is 20.0 Å². The van der Waals surface area contributed by atoms with Crippen molar-refractivity contribution in [2.45, 2.75) is 45.3 Å². The molecule has 2 N–H and O–H groups in total. The number of nitrogens with zero attached hydrogens (tertiary/aromatic N) is 2. The second kappa shape index (κ2) is 5.63. The van der Waals surface area contributed by atoms with Gasteiger partial charge in [0.15, 0.2) is 0 Å². The summed E-state index contributed by atoms with van der Waals surface area (Å²) in [5.41, 5.74) is 0.917. The fourth-order valence-electron chi connectivity index (χ4n) is 4.21. The zero-order chi connectivity index (χ0) is 16.9. The van der Waals surface area contributed by atoms with Crippen LogP contribution in [-0.4, -0.2) is 63.0 Å². The van der Waals surface area contributed by atoms with Crippen LogP contribution in [0.15, 0.2) is 11.3 Å². The normalized spacial score (nSPS) is 29.4. The summed E-state index contributed by atoms with van der Waals surface area (Å²) >= 11 is 0. The van der Waals surface area contributed by atoms with Crippen LogP contribution >= 0.6 is 0 Å². The van der Waals surface area contributed by atoms with Crippen LogP contribution < -0.4 is 0 Å². The lowest BCUT2D eigenvalue weighted by Crippen LogP contribution is -2.61. The van der Waals surface area contributed by atoms with Crippen molar-refractivity contribution in [3.05, 3.63) is 11.3 Å². The number of carbonyl (C=O) groups is 3. The Hall–Kier alpha value is -1.89. The summed E-state index contributed by atoms with van der Waals surface area (Å²) < 4.78 is 0. The monoisotopic (exact) mass is 322 g/mol. The van der Waals surface area contributed by atoms with Crippen LogP contribution in [0.3, 0.4) is 0 Å². The number of carbonyl (C=O) groups excluding carboxylic acids is 2. The van der Waals surface area contributed by atoms with Crippen LogP contribution in [0.25, 0.3) is 0 Å². The van der Waals surface area contributed by atoms with E-state index in [2.05, 4.69) is 0 Å². The number of rotatable bonds is 3. The molecular weight excluding hydrogens is 300 g/mol. The molecular formula is C16H22N2O5. The standard InChI is InChI=1S/C16H22N2O5/c1-8(19)13-12-7-11(14(16(22)23)18(12)15(13)21)10-3-5-17(6-4-10)9(2)20/h8,10,12-13,19H,3-7H2,1-2H3,(H,22,23)/t8-,12+,13-/m1/s1. The molecule has 2 fully saturated rings. The first-order valence-electron chi connectivity index (χ1n) is 8.06. The molecule has 7 heteroatoms. The Morgan fingerprint density at radius 1 is 1.26 bits per heavy atom. The zero-order valence-corrected chi connectivity index (χ0v) is 13.4. The van der Waals surface area contributed by atoms with Gasteiger partial charge in [0.2, 0.25) is 11.8 Å². The molecule has 3 rings (SSSR count). The van der Waals surface area contributed by atoms with Crippen molar-refractivity contribution in [3.63, 3.8) is 0 Å². The van der Waals surface area contributed by atoms with Gasteiger partial charge in [-0.2, -0.15) is 0 Å². The third-order valence-corrected chi connectivity index (χ3v) is 5.40. The summed E-state index contributed by atoms with van der Waals surface area (Å²) in [5.74, 6) is -1.74. The molecule has 3 heterocycles. The average molecular weight is 322 g/mol. The van der Waals surface area contributed by atoms with Crippen LogP contribution in [0.1, 0.15) is 33.1 Å². The van der Waals surface area contributed by atoms with E-state index in [0.29, 0.717) is 19.5 Å². The second-order valence-electron chi connectivity index (χ2n) is 6.71. The molecule has 0 spiro atoms.